The normalized spacial score (nSPS) is 11.9. The van der Waals surface area contributed by atoms with Gasteiger partial charge >= 0.3 is 5.97 Å². The molecule has 0 aliphatic rings. The maximum atomic E-state index is 13.0. The number of rotatable bonds is 7. The number of hydrogen-bond acceptors (Lipinski definition) is 6. The van der Waals surface area contributed by atoms with E-state index in [0.717, 1.165) is 28.2 Å². The van der Waals surface area contributed by atoms with Gasteiger partial charge in [-0.2, -0.15) is 0 Å². The van der Waals surface area contributed by atoms with Crippen molar-refractivity contribution in [3.05, 3.63) is 95.6 Å². The molecule has 2 aromatic heterocycles. The van der Waals surface area contributed by atoms with Gasteiger partial charge in [0.25, 0.3) is 5.91 Å². The fourth-order valence-corrected chi connectivity index (χ4v) is 4.47. The lowest BCUT2D eigenvalue weighted by Gasteiger charge is -2.18. The van der Waals surface area contributed by atoms with Crippen LogP contribution in [0.5, 0.6) is 0 Å². The molecule has 0 fully saturated rings. The van der Waals surface area contributed by atoms with Crippen molar-refractivity contribution in [1.82, 2.24) is 19.1 Å². The number of carbonyl (C=O) groups is 2. The molecule has 0 radical (unpaired) electrons. The van der Waals surface area contributed by atoms with Crippen LogP contribution in [0.15, 0.2) is 85.2 Å². The summed E-state index contributed by atoms with van der Waals surface area (Å²) >= 11 is 1.04. The Hall–Kier alpha value is -4.37. The fraction of sp³-hybridized carbons (Fsp3) is 0.0800. The number of nitrogens with zero attached hydrogens (tertiary/aromatic N) is 4. The second kappa shape index (κ2) is 9.24. The molecule has 0 saturated heterocycles. The van der Waals surface area contributed by atoms with Crippen molar-refractivity contribution in [2.45, 2.75) is 12.5 Å². The average molecular weight is 470 g/mol. The lowest BCUT2D eigenvalue weighted by Crippen LogP contribution is -2.14. The van der Waals surface area contributed by atoms with Gasteiger partial charge in [-0.1, -0.05) is 65.2 Å². The molecule has 2 heterocycles. The third kappa shape index (κ3) is 4.28. The Morgan fingerprint density at radius 3 is 2.47 bits per heavy atom. The number of anilines is 1. The van der Waals surface area contributed by atoms with Gasteiger partial charge in [0.15, 0.2) is 0 Å². The van der Waals surface area contributed by atoms with Crippen LogP contribution in [0, 0.1) is 0 Å². The summed E-state index contributed by atoms with van der Waals surface area (Å²) in [7, 11) is 0. The standard InChI is InChI=1S/C25H19N5O3S/c31-22(32)14-21(16-7-3-1-4-8-16)30-15-26-19-13-18(11-12-20(19)30)27-25(33)24-23(28-29-34-24)17-9-5-2-6-10-17/h1-13,15,21H,14H2,(H,27,33)(H,31,32). The van der Waals surface area contributed by atoms with E-state index in [1.54, 1.807) is 18.5 Å². The molecule has 34 heavy (non-hydrogen) atoms. The molecule has 1 atom stereocenters. The zero-order valence-corrected chi connectivity index (χ0v) is 18.6. The highest BCUT2D eigenvalue weighted by atomic mass is 32.1. The number of carbonyl (C=O) groups excluding carboxylic acids is 1. The predicted octanol–water partition coefficient (Wildman–Crippen LogP) is 4.87. The average Bonchev–Trinajstić information content (AvgIpc) is 3.51. The molecule has 0 spiro atoms. The van der Waals surface area contributed by atoms with Crippen LogP contribution in [0.1, 0.15) is 27.7 Å². The molecule has 0 bridgehead atoms. The van der Waals surface area contributed by atoms with Gasteiger partial charge in [-0.15, -0.1) is 5.10 Å². The first-order chi connectivity index (χ1) is 16.6. The Bertz CT molecular complexity index is 1460. The first-order valence-electron chi connectivity index (χ1n) is 10.5. The van der Waals surface area contributed by atoms with Gasteiger partial charge < -0.3 is 15.0 Å². The van der Waals surface area contributed by atoms with E-state index in [9.17, 15) is 14.7 Å². The zero-order valence-electron chi connectivity index (χ0n) is 17.8. The number of amides is 1. The van der Waals surface area contributed by atoms with E-state index in [-0.39, 0.29) is 12.3 Å². The van der Waals surface area contributed by atoms with Crippen molar-refractivity contribution in [2.75, 3.05) is 5.32 Å². The SMILES string of the molecule is O=C(O)CC(c1ccccc1)n1cnc2cc(NC(=O)c3snnc3-c3ccccc3)ccc21. The smallest absolute Gasteiger partial charge is 0.305 e. The minimum absolute atomic E-state index is 0.0748. The van der Waals surface area contributed by atoms with Crippen molar-refractivity contribution >= 4 is 40.1 Å². The number of hydrogen-bond donors (Lipinski definition) is 2. The third-order valence-corrected chi connectivity index (χ3v) is 6.19. The Morgan fingerprint density at radius 1 is 1.00 bits per heavy atom. The van der Waals surface area contributed by atoms with Crippen LogP contribution in [-0.4, -0.2) is 36.1 Å². The van der Waals surface area contributed by atoms with Gasteiger partial charge in [-0.05, 0) is 35.3 Å². The van der Waals surface area contributed by atoms with Gasteiger partial charge in [-0.3, -0.25) is 9.59 Å². The number of aromatic nitrogens is 4. The molecule has 2 N–H and O–H groups in total. The lowest BCUT2D eigenvalue weighted by atomic mass is 10.0. The van der Waals surface area contributed by atoms with Crippen LogP contribution in [0.4, 0.5) is 5.69 Å². The van der Waals surface area contributed by atoms with Gasteiger partial charge in [0.05, 0.1) is 29.8 Å². The molecular formula is C25H19N5O3S. The highest BCUT2D eigenvalue weighted by molar-refractivity contribution is 7.08. The third-order valence-electron chi connectivity index (χ3n) is 5.46. The number of fused-ring (bicyclic) bond motifs is 1. The second-order valence-corrected chi connectivity index (χ2v) is 8.40. The zero-order chi connectivity index (χ0) is 23.5. The number of nitrogens with one attached hydrogen (secondary N) is 1. The summed E-state index contributed by atoms with van der Waals surface area (Å²) in [6.07, 6.45) is 1.56. The summed E-state index contributed by atoms with van der Waals surface area (Å²) in [5, 5.41) is 16.5. The Kier molecular flexibility index (Phi) is 5.84. The van der Waals surface area contributed by atoms with Gasteiger partial charge in [0.2, 0.25) is 0 Å². The molecule has 1 unspecified atom stereocenters. The van der Waals surface area contributed by atoms with Crippen LogP contribution < -0.4 is 5.32 Å². The Labute approximate surface area is 198 Å². The highest BCUT2D eigenvalue weighted by Crippen LogP contribution is 2.29. The van der Waals surface area contributed by atoms with Crippen LogP contribution in [0.25, 0.3) is 22.3 Å². The highest BCUT2D eigenvalue weighted by Gasteiger charge is 2.21. The van der Waals surface area contributed by atoms with Crippen LogP contribution in [0.3, 0.4) is 0 Å². The number of benzene rings is 3. The van der Waals surface area contributed by atoms with Crippen molar-refractivity contribution < 1.29 is 14.7 Å². The minimum atomic E-state index is -0.896. The van der Waals surface area contributed by atoms with E-state index in [0.29, 0.717) is 21.8 Å². The van der Waals surface area contributed by atoms with E-state index < -0.39 is 12.0 Å². The fourth-order valence-electron chi connectivity index (χ4n) is 3.89. The molecule has 0 aliphatic heterocycles. The number of aliphatic carboxylic acids is 1. The maximum Gasteiger partial charge on any atom is 0.305 e. The predicted molar refractivity (Wildman–Crippen MR) is 130 cm³/mol. The summed E-state index contributed by atoms with van der Waals surface area (Å²) in [6, 6.07) is 23.9. The van der Waals surface area contributed by atoms with Gasteiger partial charge in [0, 0.05) is 11.3 Å². The van der Waals surface area contributed by atoms with Crippen molar-refractivity contribution in [2.24, 2.45) is 0 Å². The van der Waals surface area contributed by atoms with Crippen LogP contribution in [-0.2, 0) is 4.79 Å². The molecule has 0 aliphatic carbocycles. The maximum absolute atomic E-state index is 13.0. The first-order valence-corrected chi connectivity index (χ1v) is 11.3. The van der Waals surface area contributed by atoms with E-state index in [1.807, 2.05) is 71.3 Å². The topological polar surface area (TPSA) is 110 Å². The van der Waals surface area contributed by atoms with E-state index in [2.05, 4.69) is 19.9 Å². The Balaban J connectivity index is 1.43. The van der Waals surface area contributed by atoms with E-state index in [1.165, 1.54) is 0 Å². The molecule has 5 aromatic rings. The van der Waals surface area contributed by atoms with Crippen molar-refractivity contribution in [1.29, 1.82) is 0 Å². The van der Waals surface area contributed by atoms with E-state index >= 15 is 0 Å². The molecular weight excluding hydrogens is 450 g/mol. The molecule has 8 nitrogen and oxygen atoms in total. The molecule has 3 aromatic carbocycles. The molecule has 9 heteroatoms. The minimum Gasteiger partial charge on any atom is -0.481 e. The molecule has 168 valence electrons. The first kappa shape index (κ1) is 21.5. The summed E-state index contributed by atoms with van der Waals surface area (Å²) in [5.74, 6) is -1.20. The number of imidazole rings is 1. The van der Waals surface area contributed by atoms with Crippen molar-refractivity contribution in [3.8, 4) is 11.3 Å². The van der Waals surface area contributed by atoms with Gasteiger partial charge in [-0.25, -0.2) is 4.98 Å². The molecule has 5 rings (SSSR count). The summed E-state index contributed by atoms with van der Waals surface area (Å²) < 4.78 is 5.81. The van der Waals surface area contributed by atoms with Crippen molar-refractivity contribution in [3.63, 3.8) is 0 Å². The molecule has 0 saturated carbocycles. The number of carboxylic acids is 1. The monoisotopic (exact) mass is 469 g/mol. The summed E-state index contributed by atoms with van der Waals surface area (Å²) in [5.41, 5.74) is 4.23. The van der Waals surface area contributed by atoms with Crippen LogP contribution in [0.2, 0.25) is 0 Å². The van der Waals surface area contributed by atoms with Crippen LogP contribution >= 0.6 is 11.5 Å². The molecule has 1 amide bonds. The largest absolute Gasteiger partial charge is 0.481 e. The number of carboxylic acid groups (broad SMARTS) is 1. The Morgan fingerprint density at radius 2 is 1.74 bits per heavy atom. The lowest BCUT2D eigenvalue weighted by molar-refractivity contribution is -0.137. The second-order valence-electron chi connectivity index (χ2n) is 7.65. The van der Waals surface area contributed by atoms with E-state index in [4.69, 9.17) is 0 Å². The summed E-state index contributed by atoms with van der Waals surface area (Å²) in [6.45, 7) is 0. The van der Waals surface area contributed by atoms with Gasteiger partial charge in [0.1, 0.15) is 10.6 Å². The summed E-state index contributed by atoms with van der Waals surface area (Å²) in [4.78, 5) is 29.4. The quantitative estimate of drug-likeness (QED) is 0.352.